The van der Waals surface area contributed by atoms with Crippen LogP contribution in [0.4, 0.5) is 22.4 Å². The molecule has 0 aromatic heterocycles. The molecule has 0 aliphatic heterocycles. The first-order chi connectivity index (χ1) is 6.80. The van der Waals surface area contributed by atoms with Crippen LogP contribution in [0, 0.1) is 5.82 Å². The summed E-state index contributed by atoms with van der Waals surface area (Å²) in [6.07, 6.45) is -6.02. The second-order valence-electron chi connectivity index (χ2n) is 2.56. The minimum Gasteiger partial charge on any atom is -0.407 e. The summed E-state index contributed by atoms with van der Waals surface area (Å²) in [5.74, 6) is -1.95. The van der Waals surface area contributed by atoms with E-state index in [0.717, 1.165) is 0 Å². The lowest BCUT2D eigenvalue weighted by Gasteiger charge is -2.08. The Hall–Kier alpha value is -1.79. The minimum atomic E-state index is -4.64. The molecule has 0 radical (unpaired) electrons. The van der Waals surface area contributed by atoms with Gasteiger partial charge < -0.3 is 10.5 Å². The number of ether oxygens (including phenoxy) is 1. The number of amides is 1. The van der Waals surface area contributed by atoms with E-state index in [1.807, 2.05) is 0 Å². The highest BCUT2D eigenvalue weighted by Crippen LogP contribution is 2.32. The molecule has 0 aliphatic rings. The third kappa shape index (κ3) is 2.83. The normalized spacial score (nSPS) is 11.2. The smallest absolute Gasteiger partial charge is 0.407 e. The molecule has 0 aliphatic carbocycles. The summed E-state index contributed by atoms with van der Waals surface area (Å²) in [6, 6.07) is 1.43. The van der Waals surface area contributed by atoms with Crippen LogP contribution in [-0.2, 0) is 6.18 Å². The maximum absolute atomic E-state index is 12.8. The van der Waals surface area contributed by atoms with Crippen molar-refractivity contribution < 1.29 is 27.1 Å². The molecular weight excluding hydrogens is 218 g/mol. The van der Waals surface area contributed by atoms with Crippen molar-refractivity contribution in [1.29, 1.82) is 0 Å². The van der Waals surface area contributed by atoms with Crippen molar-refractivity contribution >= 4 is 6.09 Å². The molecule has 0 saturated carbocycles. The van der Waals surface area contributed by atoms with E-state index in [0.29, 0.717) is 18.2 Å². The van der Waals surface area contributed by atoms with Gasteiger partial charge in [0.15, 0.2) is 11.6 Å². The van der Waals surface area contributed by atoms with Crippen LogP contribution in [0.1, 0.15) is 5.56 Å². The summed E-state index contributed by atoms with van der Waals surface area (Å²) >= 11 is 0. The molecule has 3 nitrogen and oxygen atoms in total. The fourth-order valence-corrected chi connectivity index (χ4v) is 0.866. The molecule has 15 heavy (non-hydrogen) atoms. The van der Waals surface area contributed by atoms with E-state index in [2.05, 4.69) is 10.5 Å². The van der Waals surface area contributed by atoms with Crippen molar-refractivity contribution in [2.75, 3.05) is 0 Å². The maximum Gasteiger partial charge on any atom is 0.416 e. The van der Waals surface area contributed by atoms with Crippen molar-refractivity contribution in [1.82, 2.24) is 0 Å². The summed E-state index contributed by atoms with van der Waals surface area (Å²) in [7, 11) is 0. The molecule has 1 aromatic rings. The van der Waals surface area contributed by atoms with Crippen molar-refractivity contribution in [3.05, 3.63) is 29.6 Å². The molecule has 0 saturated heterocycles. The van der Waals surface area contributed by atoms with E-state index in [1.54, 1.807) is 0 Å². The van der Waals surface area contributed by atoms with Crippen LogP contribution in [0.5, 0.6) is 5.75 Å². The van der Waals surface area contributed by atoms with Gasteiger partial charge in [-0.05, 0) is 18.2 Å². The lowest BCUT2D eigenvalue weighted by molar-refractivity contribution is -0.137. The van der Waals surface area contributed by atoms with Crippen LogP contribution in [0.2, 0.25) is 0 Å². The summed E-state index contributed by atoms with van der Waals surface area (Å²) < 4.78 is 53.3. The zero-order valence-corrected chi connectivity index (χ0v) is 7.14. The predicted octanol–water partition coefficient (Wildman–Crippen LogP) is 2.30. The van der Waals surface area contributed by atoms with E-state index in [-0.39, 0.29) is 0 Å². The second kappa shape index (κ2) is 3.76. The molecular formula is C8H5F4NO2. The Kier molecular flexibility index (Phi) is 2.83. The zero-order valence-electron chi connectivity index (χ0n) is 7.14. The Morgan fingerprint density at radius 1 is 1.33 bits per heavy atom. The largest absolute Gasteiger partial charge is 0.416 e. The van der Waals surface area contributed by atoms with Crippen molar-refractivity contribution in [2.45, 2.75) is 6.18 Å². The summed E-state index contributed by atoms with van der Waals surface area (Å²) in [6.45, 7) is 0. The van der Waals surface area contributed by atoms with Crippen LogP contribution in [0.15, 0.2) is 18.2 Å². The average molecular weight is 223 g/mol. The Balaban J connectivity index is 3.11. The van der Waals surface area contributed by atoms with E-state index in [9.17, 15) is 22.4 Å². The highest BCUT2D eigenvalue weighted by atomic mass is 19.4. The third-order valence-corrected chi connectivity index (χ3v) is 1.47. The molecule has 82 valence electrons. The number of carbonyl (C=O) groups excluding carboxylic acids is 1. The van der Waals surface area contributed by atoms with E-state index < -0.39 is 29.4 Å². The molecule has 1 aromatic carbocycles. The number of nitrogens with two attached hydrogens (primary N) is 1. The first kappa shape index (κ1) is 11.3. The van der Waals surface area contributed by atoms with Gasteiger partial charge in [0.2, 0.25) is 0 Å². The van der Waals surface area contributed by atoms with Gasteiger partial charge in [-0.25, -0.2) is 9.18 Å². The molecule has 0 spiro atoms. The number of benzene rings is 1. The second-order valence-corrected chi connectivity index (χ2v) is 2.56. The van der Waals surface area contributed by atoms with Gasteiger partial charge in [0.25, 0.3) is 0 Å². The Morgan fingerprint density at radius 2 is 1.93 bits per heavy atom. The number of hydrogen-bond donors (Lipinski definition) is 1. The van der Waals surface area contributed by atoms with Crippen LogP contribution in [0.25, 0.3) is 0 Å². The number of rotatable bonds is 1. The number of primary amides is 1. The molecule has 2 N–H and O–H groups in total. The average Bonchev–Trinajstić information content (AvgIpc) is 2.06. The Labute approximate surface area is 81.4 Å². The fraction of sp³-hybridized carbons (Fsp3) is 0.125. The molecule has 0 fully saturated rings. The van der Waals surface area contributed by atoms with Crippen LogP contribution in [0.3, 0.4) is 0 Å². The van der Waals surface area contributed by atoms with E-state index in [1.165, 1.54) is 0 Å². The highest BCUT2D eigenvalue weighted by molar-refractivity contribution is 5.68. The van der Waals surface area contributed by atoms with Crippen molar-refractivity contribution in [3.63, 3.8) is 0 Å². The molecule has 7 heteroatoms. The molecule has 0 atom stereocenters. The van der Waals surface area contributed by atoms with Gasteiger partial charge in [-0.2, -0.15) is 13.2 Å². The number of carbonyl (C=O) groups is 1. The number of hydrogen-bond acceptors (Lipinski definition) is 2. The quantitative estimate of drug-likeness (QED) is 0.742. The third-order valence-electron chi connectivity index (χ3n) is 1.47. The highest BCUT2D eigenvalue weighted by Gasteiger charge is 2.31. The van der Waals surface area contributed by atoms with Gasteiger partial charge in [0.1, 0.15) is 0 Å². The van der Waals surface area contributed by atoms with Gasteiger partial charge in [-0.3, -0.25) is 0 Å². The Bertz CT molecular complexity index is 389. The zero-order chi connectivity index (χ0) is 11.6. The number of alkyl halides is 3. The van der Waals surface area contributed by atoms with Gasteiger partial charge in [-0.15, -0.1) is 0 Å². The van der Waals surface area contributed by atoms with Crippen molar-refractivity contribution in [3.8, 4) is 5.75 Å². The first-order valence-corrected chi connectivity index (χ1v) is 3.65. The lowest BCUT2D eigenvalue weighted by Crippen LogP contribution is -2.17. The predicted molar refractivity (Wildman–Crippen MR) is 41.6 cm³/mol. The van der Waals surface area contributed by atoms with Gasteiger partial charge >= 0.3 is 12.3 Å². The van der Waals surface area contributed by atoms with Crippen LogP contribution >= 0.6 is 0 Å². The fourth-order valence-electron chi connectivity index (χ4n) is 0.866. The summed E-state index contributed by atoms with van der Waals surface area (Å²) in [4.78, 5) is 10.2. The van der Waals surface area contributed by atoms with Crippen LogP contribution in [-0.4, -0.2) is 6.09 Å². The first-order valence-electron chi connectivity index (χ1n) is 3.65. The van der Waals surface area contributed by atoms with Gasteiger partial charge in [0, 0.05) is 0 Å². The molecule has 0 bridgehead atoms. The number of halogens is 4. The summed E-state index contributed by atoms with van der Waals surface area (Å²) in [5.41, 5.74) is 3.42. The standard InChI is InChI=1S/C8H5F4NO2/c9-5-2-1-4(8(10,11)12)3-6(5)15-7(13)14/h1-3H,(H2,13,14). The lowest BCUT2D eigenvalue weighted by atomic mass is 10.2. The van der Waals surface area contributed by atoms with Gasteiger partial charge in [-0.1, -0.05) is 0 Å². The Morgan fingerprint density at radius 3 is 2.40 bits per heavy atom. The maximum atomic E-state index is 12.8. The van der Waals surface area contributed by atoms with Crippen LogP contribution < -0.4 is 10.5 Å². The van der Waals surface area contributed by atoms with Crippen molar-refractivity contribution in [2.24, 2.45) is 5.73 Å². The summed E-state index contributed by atoms with van der Waals surface area (Å²) in [5, 5.41) is 0. The topological polar surface area (TPSA) is 52.3 Å². The minimum absolute atomic E-state index is 0.361. The van der Waals surface area contributed by atoms with Gasteiger partial charge in [0.05, 0.1) is 5.56 Å². The van der Waals surface area contributed by atoms with E-state index in [4.69, 9.17) is 0 Å². The van der Waals surface area contributed by atoms with E-state index >= 15 is 0 Å². The molecule has 1 amide bonds. The molecule has 0 heterocycles. The monoisotopic (exact) mass is 223 g/mol. The molecule has 0 unspecified atom stereocenters. The molecule has 1 rings (SSSR count). The SMILES string of the molecule is NC(=O)Oc1cc(C(F)(F)F)ccc1F.